The number of nitrogens with one attached hydrogen (secondary N) is 1. The van der Waals surface area contributed by atoms with Crippen LogP contribution in [-0.2, 0) is 29.0 Å². The maximum Gasteiger partial charge on any atom is 0.245 e. The lowest BCUT2D eigenvalue weighted by molar-refractivity contribution is -0.200. The molecule has 32 heavy (non-hydrogen) atoms. The van der Waals surface area contributed by atoms with Crippen molar-refractivity contribution in [1.82, 2.24) is 5.48 Å². The highest BCUT2D eigenvalue weighted by Crippen LogP contribution is 2.47. The number of hydrogen-bond acceptors (Lipinski definition) is 7. The molecule has 0 saturated carbocycles. The molecule has 2 aliphatic rings. The summed E-state index contributed by atoms with van der Waals surface area (Å²) in [7, 11) is -3.50. The van der Waals surface area contributed by atoms with Gasteiger partial charge in [0, 0.05) is 27.7 Å². The Labute approximate surface area is 198 Å². The molecule has 1 aromatic carbocycles. The molecule has 1 unspecified atom stereocenters. The van der Waals surface area contributed by atoms with E-state index in [1.54, 1.807) is 11.8 Å². The molecule has 2 aliphatic heterocycles. The molecule has 2 atom stereocenters. The molecule has 6 nitrogen and oxygen atoms in total. The number of thioether (sulfide) groups is 1. The number of carbonyl (C=O) groups is 1. The zero-order chi connectivity index (χ0) is 22.6. The van der Waals surface area contributed by atoms with Gasteiger partial charge in [-0.25, -0.2) is 18.7 Å². The first-order chi connectivity index (χ1) is 15.4. The fourth-order valence-corrected chi connectivity index (χ4v) is 8.53. The van der Waals surface area contributed by atoms with E-state index in [-0.39, 0.29) is 12.2 Å². The van der Waals surface area contributed by atoms with Gasteiger partial charge in [0.2, 0.25) is 5.91 Å². The normalized spacial score (nSPS) is 25.3. The summed E-state index contributed by atoms with van der Waals surface area (Å²) in [5, 5.41) is 0. The molecule has 3 heterocycles. The second kappa shape index (κ2) is 10.3. The van der Waals surface area contributed by atoms with E-state index in [2.05, 4.69) is 17.6 Å². The van der Waals surface area contributed by atoms with E-state index < -0.39 is 26.8 Å². The molecule has 2 aromatic rings. The summed E-state index contributed by atoms with van der Waals surface area (Å²) in [5.41, 5.74) is 3.50. The third kappa shape index (κ3) is 5.07. The van der Waals surface area contributed by atoms with E-state index in [4.69, 9.17) is 9.57 Å². The average Bonchev–Trinajstić information content (AvgIpc) is 3.30. The van der Waals surface area contributed by atoms with Crippen LogP contribution in [0, 0.1) is 0 Å². The topological polar surface area (TPSA) is 81.7 Å². The first-order valence-corrected chi connectivity index (χ1v) is 14.7. The molecule has 174 valence electrons. The highest BCUT2D eigenvalue weighted by atomic mass is 32.2. The van der Waals surface area contributed by atoms with Gasteiger partial charge in [0.15, 0.2) is 16.1 Å². The van der Waals surface area contributed by atoms with Crippen LogP contribution in [0.25, 0.3) is 10.4 Å². The number of ether oxygens (including phenoxy) is 1. The van der Waals surface area contributed by atoms with E-state index in [9.17, 15) is 13.2 Å². The third-order valence-electron chi connectivity index (χ3n) is 6.16. The Bertz CT molecular complexity index is 1030. The molecule has 0 aliphatic carbocycles. The number of benzene rings is 1. The summed E-state index contributed by atoms with van der Waals surface area (Å²) in [6.45, 7) is 0.606. The molecule has 4 rings (SSSR count). The molecule has 1 N–H and O–H groups in total. The van der Waals surface area contributed by atoms with E-state index in [0.29, 0.717) is 25.9 Å². The minimum Gasteiger partial charge on any atom is -0.350 e. The molecule has 1 aromatic heterocycles. The van der Waals surface area contributed by atoms with Crippen molar-refractivity contribution in [3.8, 4) is 10.4 Å². The van der Waals surface area contributed by atoms with E-state index >= 15 is 0 Å². The molecule has 0 spiro atoms. The third-order valence-corrected chi connectivity index (χ3v) is 11.0. The van der Waals surface area contributed by atoms with Crippen molar-refractivity contribution in [3.63, 3.8) is 0 Å². The summed E-state index contributed by atoms with van der Waals surface area (Å²) in [6.07, 6.45) is 5.94. The zero-order valence-corrected chi connectivity index (χ0v) is 20.6. The largest absolute Gasteiger partial charge is 0.350 e. The summed E-state index contributed by atoms with van der Waals surface area (Å²) >= 11 is 3.14. The van der Waals surface area contributed by atoms with Crippen molar-refractivity contribution in [2.45, 2.75) is 60.9 Å². The van der Waals surface area contributed by atoms with Crippen LogP contribution in [0.3, 0.4) is 0 Å². The molecule has 0 radical (unpaired) electrons. The van der Waals surface area contributed by atoms with Gasteiger partial charge >= 0.3 is 0 Å². The van der Waals surface area contributed by atoms with Crippen LogP contribution in [0.4, 0.5) is 0 Å². The lowest BCUT2D eigenvalue weighted by Gasteiger charge is -2.35. The Balaban J connectivity index is 1.56. The average molecular weight is 496 g/mol. The Morgan fingerprint density at radius 3 is 2.69 bits per heavy atom. The van der Waals surface area contributed by atoms with Crippen molar-refractivity contribution < 1.29 is 22.8 Å². The second-order valence-corrected chi connectivity index (χ2v) is 12.7. The molecular weight excluding hydrogens is 466 g/mol. The van der Waals surface area contributed by atoms with Gasteiger partial charge in [-0.2, -0.15) is 0 Å². The predicted octanol–water partition coefficient (Wildman–Crippen LogP) is 4.90. The van der Waals surface area contributed by atoms with Crippen LogP contribution in [0.2, 0.25) is 0 Å². The standard InChI is InChI=1S/C23H29NO5S3/c1-30-18-9-7-17(8-10-18)19-11-12-20(31-19)23(13-3-5-15-32(23,26)27)16-21(25)24-29-22-6-2-4-14-28-22/h7-12,22H,2-6,13-16H2,1H3,(H,24,25)/t22?,23-/m0/s1. The monoisotopic (exact) mass is 495 g/mol. The number of hydroxylamine groups is 1. The molecule has 1 amide bonds. The lowest BCUT2D eigenvalue weighted by atomic mass is 9.94. The smallest absolute Gasteiger partial charge is 0.245 e. The van der Waals surface area contributed by atoms with Crippen molar-refractivity contribution >= 4 is 38.8 Å². The minimum atomic E-state index is -3.50. The van der Waals surface area contributed by atoms with Gasteiger partial charge < -0.3 is 4.74 Å². The number of hydrogen-bond donors (Lipinski definition) is 1. The Morgan fingerprint density at radius 2 is 2.00 bits per heavy atom. The van der Waals surface area contributed by atoms with Crippen LogP contribution in [-0.4, -0.2) is 39.2 Å². The summed E-state index contributed by atoms with van der Waals surface area (Å²) in [4.78, 5) is 21.1. The highest BCUT2D eigenvalue weighted by Gasteiger charge is 2.49. The van der Waals surface area contributed by atoms with Crippen molar-refractivity contribution in [2.75, 3.05) is 18.6 Å². The quantitative estimate of drug-likeness (QED) is 0.435. The number of sulfone groups is 1. The number of thiophene rings is 1. The highest BCUT2D eigenvalue weighted by molar-refractivity contribution is 7.98. The van der Waals surface area contributed by atoms with E-state index in [1.807, 2.05) is 30.5 Å². The lowest BCUT2D eigenvalue weighted by Crippen LogP contribution is -2.45. The summed E-state index contributed by atoms with van der Waals surface area (Å²) in [5.74, 6) is -0.327. The molecule has 2 saturated heterocycles. The summed E-state index contributed by atoms with van der Waals surface area (Å²) < 4.78 is 30.9. The van der Waals surface area contributed by atoms with Gasteiger partial charge in [0.1, 0.15) is 4.75 Å². The SMILES string of the molecule is CSc1ccc(-c2ccc([C@@]3(CC(=O)NOC4CCCCO4)CCCCS3(=O)=O)s2)cc1. The fourth-order valence-electron chi connectivity index (χ4n) is 4.34. The minimum absolute atomic E-state index is 0.0997. The number of rotatable bonds is 7. The van der Waals surface area contributed by atoms with Gasteiger partial charge in [0.05, 0.1) is 12.2 Å². The second-order valence-electron chi connectivity index (χ2n) is 8.28. The van der Waals surface area contributed by atoms with E-state index in [0.717, 1.165) is 34.6 Å². The Morgan fingerprint density at radius 1 is 1.19 bits per heavy atom. The molecule has 0 bridgehead atoms. The van der Waals surface area contributed by atoms with Gasteiger partial charge in [0.25, 0.3) is 0 Å². The van der Waals surface area contributed by atoms with Crippen molar-refractivity contribution in [3.05, 3.63) is 41.3 Å². The van der Waals surface area contributed by atoms with Gasteiger partial charge in [-0.1, -0.05) is 18.6 Å². The van der Waals surface area contributed by atoms with Gasteiger partial charge in [-0.15, -0.1) is 23.1 Å². The fraction of sp³-hybridized carbons (Fsp3) is 0.522. The maximum atomic E-state index is 13.3. The first kappa shape index (κ1) is 23.8. The molecular formula is C23H29NO5S3. The Hall–Kier alpha value is -1.39. The van der Waals surface area contributed by atoms with E-state index in [1.165, 1.54) is 16.2 Å². The zero-order valence-electron chi connectivity index (χ0n) is 18.2. The van der Waals surface area contributed by atoms with Crippen molar-refractivity contribution in [2.24, 2.45) is 0 Å². The van der Waals surface area contributed by atoms with Crippen LogP contribution in [0.1, 0.15) is 49.8 Å². The first-order valence-electron chi connectivity index (χ1n) is 11.0. The molecule has 2 fully saturated rings. The maximum absolute atomic E-state index is 13.3. The van der Waals surface area contributed by atoms with Gasteiger partial charge in [-0.05, 0) is 61.8 Å². The number of amides is 1. The van der Waals surface area contributed by atoms with Crippen LogP contribution in [0.5, 0.6) is 0 Å². The van der Waals surface area contributed by atoms with Crippen molar-refractivity contribution in [1.29, 1.82) is 0 Å². The van der Waals surface area contributed by atoms with Gasteiger partial charge in [-0.3, -0.25) is 4.79 Å². The Kier molecular flexibility index (Phi) is 7.62. The molecule has 9 heteroatoms. The van der Waals surface area contributed by atoms with Crippen LogP contribution < -0.4 is 5.48 Å². The predicted molar refractivity (Wildman–Crippen MR) is 128 cm³/mol. The summed E-state index contributed by atoms with van der Waals surface area (Å²) in [6, 6.07) is 12.1. The van der Waals surface area contributed by atoms with Crippen LogP contribution >= 0.6 is 23.1 Å². The van der Waals surface area contributed by atoms with Crippen LogP contribution in [0.15, 0.2) is 41.3 Å². The number of carbonyl (C=O) groups excluding carboxylic acids is 1.